The minimum atomic E-state index is -3.58. The molecule has 0 saturated heterocycles. The molecule has 0 amide bonds. The highest BCUT2D eigenvalue weighted by atomic mass is 35.5. The second kappa shape index (κ2) is 7.64. The van der Waals surface area contributed by atoms with Gasteiger partial charge in [-0.3, -0.25) is 4.79 Å². The first-order chi connectivity index (χ1) is 10.8. The van der Waals surface area contributed by atoms with Crippen LogP contribution in [0, 0.1) is 0 Å². The molecule has 5 nitrogen and oxygen atoms in total. The van der Waals surface area contributed by atoms with E-state index in [4.69, 9.17) is 16.7 Å². The maximum Gasteiger partial charge on any atom is 0.318 e. The van der Waals surface area contributed by atoms with Crippen molar-refractivity contribution in [3.8, 4) is 0 Å². The molecule has 0 aromatic heterocycles. The zero-order chi connectivity index (χ0) is 16.9. The molecule has 7 heteroatoms. The molecule has 0 heterocycles. The van der Waals surface area contributed by atoms with Crippen LogP contribution in [0.3, 0.4) is 0 Å². The van der Waals surface area contributed by atoms with E-state index in [2.05, 4.69) is 5.32 Å². The van der Waals surface area contributed by atoms with E-state index in [0.29, 0.717) is 5.02 Å². The lowest BCUT2D eigenvalue weighted by molar-refractivity contribution is -0.134. The van der Waals surface area contributed by atoms with Gasteiger partial charge < -0.3 is 10.4 Å². The van der Waals surface area contributed by atoms with Crippen LogP contribution in [0.25, 0.3) is 0 Å². The van der Waals surface area contributed by atoms with Gasteiger partial charge in [-0.05, 0) is 30.5 Å². The molecule has 1 aliphatic rings. The van der Waals surface area contributed by atoms with Crippen molar-refractivity contribution in [2.24, 2.45) is 0 Å². The number of carbonyl (C=O) groups is 1. The first-order valence-corrected chi connectivity index (χ1v) is 9.96. The number of hydrogen-bond donors (Lipinski definition) is 2. The van der Waals surface area contributed by atoms with Gasteiger partial charge in [-0.2, -0.15) is 0 Å². The van der Waals surface area contributed by atoms with E-state index in [9.17, 15) is 13.2 Å². The lowest BCUT2D eigenvalue weighted by Gasteiger charge is -2.39. The van der Waals surface area contributed by atoms with Gasteiger partial charge in [0, 0.05) is 17.1 Å². The van der Waals surface area contributed by atoms with Crippen molar-refractivity contribution in [3.05, 3.63) is 34.9 Å². The van der Waals surface area contributed by atoms with E-state index in [1.807, 2.05) is 24.3 Å². The van der Waals surface area contributed by atoms with Gasteiger partial charge in [0.15, 0.2) is 9.84 Å². The number of halogens is 1. The van der Waals surface area contributed by atoms with Crippen molar-refractivity contribution in [1.82, 2.24) is 5.32 Å². The summed E-state index contributed by atoms with van der Waals surface area (Å²) in [6.45, 7) is 0.248. The second-order valence-corrected chi connectivity index (χ2v) is 8.68. The zero-order valence-electron chi connectivity index (χ0n) is 12.9. The molecule has 0 atom stereocenters. The van der Waals surface area contributed by atoms with Gasteiger partial charge >= 0.3 is 5.97 Å². The Bertz CT molecular complexity index is 637. The lowest BCUT2D eigenvalue weighted by Crippen LogP contribution is -2.46. The average Bonchev–Trinajstić information content (AvgIpc) is 2.47. The molecule has 23 heavy (non-hydrogen) atoms. The smallest absolute Gasteiger partial charge is 0.318 e. The van der Waals surface area contributed by atoms with E-state index in [0.717, 1.165) is 31.2 Å². The Hall–Kier alpha value is -1.11. The maximum atomic E-state index is 11.7. The summed E-state index contributed by atoms with van der Waals surface area (Å²) in [7, 11) is -3.58. The molecule has 2 N–H and O–H groups in total. The van der Waals surface area contributed by atoms with E-state index in [-0.39, 0.29) is 17.8 Å². The number of benzene rings is 1. The highest BCUT2D eigenvalue weighted by molar-refractivity contribution is 7.92. The summed E-state index contributed by atoms with van der Waals surface area (Å²) in [5.41, 5.74) is 0.860. The topological polar surface area (TPSA) is 83.5 Å². The number of aliphatic carboxylic acids is 1. The molecule has 1 aromatic carbocycles. The Morgan fingerprint density at radius 3 is 2.35 bits per heavy atom. The van der Waals surface area contributed by atoms with Crippen LogP contribution in [0.4, 0.5) is 0 Å². The summed E-state index contributed by atoms with van der Waals surface area (Å²) in [6.07, 6.45) is 5.21. The third kappa shape index (κ3) is 5.19. The monoisotopic (exact) mass is 359 g/mol. The molecule has 0 aliphatic heterocycles. The van der Waals surface area contributed by atoms with Crippen LogP contribution in [-0.2, 0) is 20.2 Å². The Labute approximate surface area is 142 Å². The third-order valence-electron chi connectivity index (χ3n) is 4.32. The van der Waals surface area contributed by atoms with Crippen molar-refractivity contribution in [3.63, 3.8) is 0 Å². The summed E-state index contributed by atoms with van der Waals surface area (Å²) in [5.74, 6) is -2.30. The molecule has 128 valence electrons. The zero-order valence-corrected chi connectivity index (χ0v) is 14.5. The highest BCUT2D eigenvalue weighted by Gasteiger charge is 2.33. The molecule has 1 aliphatic carbocycles. The summed E-state index contributed by atoms with van der Waals surface area (Å²) < 4.78 is 23.5. The molecule has 1 saturated carbocycles. The van der Waals surface area contributed by atoms with Crippen LogP contribution in [0.15, 0.2) is 24.3 Å². The van der Waals surface area contributed by atoms with Crippen LogP contribution in [0.5, 0.6) is 0 Å². The van der Waals surface area contributed by atoms with Crippen LogP contribution < -0.4 is 5.32 Å². The van der Waals surface area contributed by atoms with Gasteiger partial charge in [0.25, 0.3) is 0 Å². The maximum absolute atomic E-state index is 11.7. The largest absolute Gasteiger partial charge is 0.480 e. The SMILES string of the molecule is O=C(O)CS(=O)(=O)CCNC1(c2ccc(Cl)cc2)CCCCC1. The van der Waals surface area contributed by atoms with E-state index >= 15 is 0 Å². The summed E-state index contributed by atoms with van der Waals surface area (Å²) >= 11 is 5.95. The van der Waals surface area contributed by atoms with Crippen molar-refractivity contribution in [2.75, 3.05) is 18.1 Å². The van der Waals surface area contributed by atoms with E-state index < -0.39 is 21.6 Å². The molecular formula is C16H22ClNO4S. The fourth-order valence-corrected chi connectivity index (χ4v) is 4.26. The van der Waals surface area contributed by atoms with Crippen molar-refractivity contribution >= 4 is 27.4 Å². The molecule has 1 aromatic rings. The Morgan fingerprint density at radius 1 is 1.17 bits per heavy atom. The lowest BCUT2D eigenvalue weighted by atomic mass is 9.76. The minimum Gasteiger partial charge on any atom is -0.480 e. The summed E-state index contributed by atoms with van der Waals surface area (Å²) in [6, 6.07) is 7.64. The van der Waals surface area contributed by atoms with E-state index in [1.54, 1.807) is 0 Å². The fourth-order valence-electron chi connectivity index (χ4n) is 3.20. The number of rotatable bonds is 7. The molecule has 0 bridgehead atoms. The van der Waals surface area contributed by atoms with Crippen molar-refractivity contribution in [2.45, 2.75) is 37.6 Å². The third-order valence-corrected chi connectivity index (χ3v) is 6.09. The van der Waals surface area contributed by atoms with Gasteiger partial charge in [-0.25, -0.2) is 8.42 Å². The predicted octanol–water partition coefficient (Wildman–Crippen LogP) is 2.59. The molecule has 0 unspecified atom stereocenters. The Balaban J connectivity index is 2.07. The predicted molar refractivity (Wildman–Crippen MR) is 90.5 cm³/mol. The standard InChI is InChI=1S/C16H22ClNO4S/c17-14-6-4-13(5-7-14)16(8-2-1-3-9-16)18-10-11-23(21,22)12-15(19)20/h4-7,18H,1-3,8-12H2,(H,19,20). The molecule has 1 fully saturated rings. The quantitative estimate of drug-likeness (QED) is 0.781. The first kappa shape index (κ1) is 18.2. The molecule has 2 rings (SSSR count). The number of carboxylic acids is 1. The normalized spacial score (nSPS) is 17.8. The molecule has 0 spiro atoms. The summed E-state index contributed by atoms with van der Waals surface area (Å²) in [4.78, 5) is 10.6. The van der Waals surface area contributed by atoms with Gasteiger partial charge in [-0.1, -0.05) is 43.0 Å². The molecular weight excluding hydrogens is 338 g/mol. The van der Waals surface area contributed by atoms with Crippen LogP contribution in [-0.4, -0.2) is 37.5 Å². The van der Waals surface area contributed by atoms with Gasteiger partial charge in [0.2, 0.25) is 0 Å². The van der Waals surface area contributed by atoms with Crippen LogP contribution in [0.2, 0.25) is 5.02 Å². The minimum absolute atomic E-state index is 0.172. The van der Waals surface area contributed by atoms with Crippen molar-refractivity contribution in [1.29, 1.82) is 0 Å². The second-order valence-electron chi connectivity index (χ2n) is 6.06. The van der Waals surface area contributed by atoms with E-state index in [1.165, 1.54) is 6.42 Å². The Kier molecular flexibility index (Phi) is 6.06. The number of carboxylic acid groups (broad SMARTS) is 1. The van der Waals surface area contributed by atoms with Gasteiger partial charge in [-0.15, -0.1) is 0 Å². The average molecular weight is 360 g/mol. The fraction of sp³-hybridized carbons (Fsp3) is 0.562. The summed E-state index contributed by atoms with van der Waals surface area (Å²) in [5, 5.41) is 12.7. The highest BCUT2D eigenvalue weighted by Crippen LogP contribution is 2.37. The molecule has 0 radical (unpaired) electrons. The number of sulfone groups is 1. The van der Waals surface area contributed by atoms with Crippen molar-refractivity contribution < 1.29 is 18.3 Å². The first-order valence-electron chi connectivity index (χ1n) is 7.76. The van der Waals surface area contributed by atoms with Gasteiger partial charge in [0.05, 0.1) is 5.75 Å². The van der Waals surface area contributed by atoms with Crippen LogP contribution in [0.1, 0.15) is 37.7 Å². The van der Waals surface area contributed by atoms with Crippen LogP contribution >= 0.6 is 11.6 Å². The number of hydrogen-bond acceptors (Lipinski definition) is 4. The number of nitrogens with one attached hydrogen (secondary N) is 1. The Morgan fingerprint density at radius 2 is 1.78 bits per heavy atom. The van der Waals surface area contributed by atoms with Gasteiger partial charge in [0.1, 0.15) is 5.75 Å².